The molecule has 2 bridgehead atoms. The molecule has 5 rings (SSSR count). The maximum absolute atomic E-state index is 12.5. The van der Waals surface area contributed by atoms with Gasteiger partial charge in [0.05, 0.1) is 17.2 Å². The summed E-state index contributed by atoms with van der Waals surface area (Å²) in [5, 5.41) is 3.44. The number of anilines is 1. The second-order valence-electron chi connectivity index (χ2n) is 6.94. The number of carbonyl (C=O) groups excluding carboxylic acids is 1. The van der Waals surface area contributed by atoms with Crippen LogP contribution in [0.4, 0.5) is 9.93 Å². The third-order valence-corrected chi connectivity index (χ3v) is 8.37. The highest BCUT2D eigenvalue weighted by Crippen LogP contribution is 2.61. The molecule has 0 unspecified atom stereocenters. The van der Waals surface area contributed by atoms with E-state index in [4.69, 9.17) is 0 Å². The molecule has 2 aliphatic carbocycles. The third kappa shape index (κ3) is 1.93. The fraction of sp³-hybridized carbons (Fsp3) is 0.714. The predicted octanol–water partition coefficient (Wildman–Crippen LogP) is 1.49. The molecule has 1 saturated heterocycles. The molecule has 4 atom stereocenters. The van der Waals surface area contributed by atoms with Crippen LogP contribution >= 0.6 is 11.3 Å². The number of carbonyl (C=O) groups is 1. The van der Waals surface area contributed by atoms with E-state index in [2.05, 4.69) is 10.3 Å². The van der Waals surface area contributed by atoms with Gasteiger partial charge in [-0.05, 0) is 30.6 Å². The molecule has 1 aromatic rings. The van der Waals surface area contributed by atoms with Gasteiger partial charge in [0.1, 0.15) is 0 Å². The minimum Gasteiger partial charge on any atom is -0.321 e. The number of urea groups is 1. The zero-order valence-electron chi connectivity index (χ0n) is 12.0. The van der Waals surface area contributed by atoms with Crippen LogP contribution in [0.2, 0.25) is 0 Å². The number of amides is 2. The first-order valence-electron chi connectivity index (χ1n) is 7.77. The standard InChI is InChI=1S/C14H17N3O3S2/c18-14(17-5-7-3-11(17)9-4-8(7)9)16-13-15-10-1-2-22(19,20)6-12(10)21-13/h7-9,11H,1-6H2,(H,15,16,18)/t7-,8-,9-,11-/m0/s1. The first kappa shape index (κ1) is 13.3. The fourth-order valence-electron chi connectivity index (χ4n) is 4.50. The Hall–Kier alpha value is -1.15. The van der Waals surface area contributed by atoms with E-state index in [1.807, 2.05) is 4.90 Å². The molecule has 2 aliphatic heterocycles. The highest BCUT2D eigenvalue weighted by atomic mass is 32.2. The van der Waals surface area contributed by atoms with Gasteiger partial charge in [-0.15, -0.1) is 11.3 Å². The third-order valence-electron chi connectivity index (χ3n) is 5.62. The van der Waals surface area contributed by atoms with Crippen molar-refractivity contribution in [2.45, 2.75) is 31.1 Å². The molecule has 2 saturated carbocycles. The van der Waals surface area contributed by atoms with E-state index < -0.39 is 9.84 Å². The van der Waals surface area contributed by atoms with Gasteiger partial charge in [0.25, 0.3) is 0 Å². The number of rotatable bonds is 1. The Labute approximate surface area is 132 Å². The molecule has 6 nitrogen and oxygen atoms in total. The van der Waals surface area contributed by atoms with E-state index in [1.165, 1.54) is 17.8 Å². The zero-order chi connectivity index (χ0) is 15.1. The fourth-order valence-corrected chi connectivity index (χ4v) is 7.28. The summed E-state index contributed by atoms with van der Waals surface area (Å²) in [6, 6.07) is 0.358. The molecule has 3 fully saturated rings. The van der Waals surface area contributed by atoms with Crippen LogP contribution in [0.25, 0.3) is 0 Å². The Balaban J connectivity index is 1.32. The summed E-state index contributed by atoms with van der Waals surface area (Å²) in [5.41, 5.74) is 0.834. The summed E-state index contributed by atoms with van der Waals surface area (Å²) in [5.74, 6) is 2.55. The minimum atomic E-state index is -2.99. The number of nitrogens with zero attached hydrogens (tertiary/aromatic N) is 2. The van der Waals surface area contributed by atoms with Crippen molar-refractivity contribution in [3.63, 3.8) is 0 Å². The normalized spacial score (nSPS) is 36.8. The van der Waals surface area contributed by atoms with Crippen LogP contribution in [0.3, 0.4) is 0 Å². The smallest absolute Gasteiger partial charge is 0.321 e. The van der Waals surface area contributed by atoms with Gasteiger partial charge in [0, 0.05) is 23.9 Å². The van der Waals surface area contributed by atoms with Gasteiger partial charge in [-0.2, -0.15) is 0 Å². The lowest BCUT2D eigenvalue weighted by atomic mass is 10.1. The highest BCUT2D eigenvalue weighted by Gasteiger charge is 2.61. The number of likely N-dealkylation sites (tertiary alicyclic amines) is 1. The van der Waals surface area contributed by atoms with Gasteiger partial charge in [-0.25, -0.2) is 18.2 Å². The van der Waals surface area contributed by atoms with Crippen LogP contribution in [-0.2, 0) is 22.0 Å². The van der Waals surface area contributed by atoms with Crippen molar-refractivity contribution >= 4 is 32.3 Å². The van der Waals surface area contributed by atoms with Gasteiger partial charge in [-0.1, -0.05) is 0 Å². The van der Waals surface area contributed by atoms with Crippen LogP contribution in [0.5, 0.6) is 0 Å². The molecule has 1 N–H and O–H groups in total. The number of hydrogen-bond acceptors (Lipinski definition) is 5. The lowest BCUT2D eigenvalue weighted by Gasteiger charge is -2.26. The van der Waals surface area contributed by atoms with Crippen molar-refractivity contribution in [1.29, 1.82) is 0 Å². The zero-order valence-corrected chi connectivity index (χ0v) is 13.6. The lowest BCUT2D eigenvalue weighted by molar-refractivity contribution is 0.190. The van der Waals surface area contributed by atoms with E-state index in [-0.39, 0.29) is 17.5 Å². The van der Waals surface area contributed by atoms with Gasteiger partial charge < -0.3 is 4.90 Å². The molecule has 0 radical (unpaired) electrons. The number of thiazole rings is 1. The van der Waals surface area contributed by atoms with Crippen LogP contribution in [-0.4, -0.2) is 42.7 Å². The molecular formula is C14H17N3O3S2. The molecule has 0 spiro atoms. The Morgan fingerprint density at radius 3 is 2.95 bits per heavy atom. The number of aryl methyl sites for hydroxylation is 1. The maximum Gasteiger partial charge on any atom is 0.323 e. The van der Waals surface area contributed by atoms with E-state index in [9.17, 15) is 13.2 Å². The van der Waals surface area contributed by atoms with Crippen LogP contribution < -0.4 is 5.32 Å². The molecule has 22 heavy (non-hydrogen) atoms. The van der Waals surface area contributed by atoms with Gasteiger partial charge in [-0.3, -0.25) is 5.32 Å². The number of nitrogens with one attached hydrogen (secondary N) is 1. The molecule has 2 amide bonds. The molecular weight excluding hydrogens is 322 g/mol. The molecule has 1 aromatic heterocycles. The monoisotopic (exact) mass is 339 g/mol. The summed E-state index contributed by atoms with van der Waals surface area (Å²) in [6.07, 6.45) is 2.92. The number of sulfone groups is 1. The quantitative estimate of drug-likeness (QED) is 0.841. The first-order valence-corrected chi connectivity index (χ1v) is 10.4. The van der Waals surface area contributed by atoms with Crippen LogP contribution in [0, 0.1) is 17.8 Å². The Bertz CT molecular complexity index is 772. The predicted molar refractivity (Wildman–Crippen MR) is 82.5 cm³/mol. The van der Waals surface area contributed by atoms with Crippen molar-refractivity contribution in [1.82, 2.24) is 9.88 Å². The topological polar surface area (TPSA) is 79.4 Å². The van der Waals surface area contributed by atoms with E-state index in [0.717, 1.165) is 35.4 Å². The Morgan fingerprint density at radius 2 is 2.18 bits per heavy atom. The van der Waals surface area contributed by atoms with Crippen LogP contribution in [0.15, 0.2) is 0 Å². The highest BCUT2D eigenvalue weighted by molar-refractivity contribution is 7.90. The van der Waals surface area contributed by atoms with Gasteiger partial charge in [0.15, 0.2) is 15.0 Å². The van der Waals surface area contributed by atoms with Crippen LogP contribution in [0.1, 0.15) is 23.4 Å². The molecule has 118 valence electrons. The second-order valence-corrected chi connectivity index (χ2v) is 10.2. The molecule has 0 aromatic carbocycles. The SMILES string of the molecule is O=C(Nc1nc2c(s1)CS(=O)(=O)CC2)N1C[C@@H]2C[C@H]1[C@H]1C[C@@H]21. The number of aromatic nitrogens is 1. The van der Waals surface area contributed by atoms with E-state index in [0.29, 0.717) is 23.5 Å². The lowest BCUT2D eigenvalue weighted by Crippen LogP contribution is -2.41. The summed E-state index contributed by atoms with van der Waals surface area (Å²) in [6.45, 7) is 0.872. The van der Waals surface area contributed by atoms with E-state index >= 15 is 0 Å². The molecule has 8 heteroatoms. The number of hydrogen-bond donors (Lipinski definition) is 1. The summed E-state index contributed by atoms with van der Waals surface area (Å²) in [4.78, 5) is 19.6. The van der Waals surface area contributed by atoms with Crippen molar-refractivity contribution < 1.29 is 13.2 Å². The molecule has 4 aliphatic rings. The first-order chi connectivity index (χ1) is 10.5. The van der Waals surface area contributed by atoms with Gasteiger partial charge in [0.2, 0.25) is 0 Å². The average Bonchev–Trinajstić information content (AvgIpc) is 2.85. The Kier molecular flexibility index (Phi) is 2.56. The maximum atomic E-state index is 12.5. The number of piperidine rings is 1. The van der Waals surface area contributed by atoms with Crippen molar-refractivity contribution in [3.8, 4) is 0 Å². The van der Waals surface area contributed by atoms with Crippen molar-refractivity contribution in [3.05, 3.63) is 10.6 Å². The summed E-state index contributed by atoms with van der Waals surface area (Å²) in [7, 11) is -2.99. The van der Waals surface area contributed by atoms with Crippen molar-refractivity contribution in [2.24, 2.45) is 17.8 Å². The summed E-state index contributed by atoms with van der Waals surface area (Å²) < 4.78 is 23.3. The Morgan fingerprint density at radius 1 is 1.32 bits per heavy atom. The minimum absolute atomic E-state index is 0.0631. The second kappa shape index (κ2) is 4.23. The van der Waals surface area contributed by atoms with Gasteiger partial charge >= 0.3 is 6.03 Å². The molecule has 3 heterocycles. The largest absolute Gasteiger partial charge is 0.323 e. The van der Waals surface area contributed by atoms with E-state index in [1.54, 1.807) is 0 Å². The average molecular weight is 339 g/mol. The van der Waals surface area contributed by atoms with Crippen molar-refractivity contribution in [2.75, 3.05) is 17.6 Å². The number of fused-ring (bicyclic) bond motifs is 6. The summed E-state index contributed by atoms with van der Waals surface area (Å²) >= 11 is 1.31.